The molecule has 1 atom stereocenters. The summed E-state index contributed by atoms with van der Waals surface area (Å²) in [6, 6.07) is 10.4. The molecule has 2 rings (SSSR count). The number of nitrogens with zero attached hydrogens (tertiary/aromatic N) is 2. The third kappa shape index (κ3) is 3.36. The van der Waals surface area contributed by atoms with Crippen LogP contribution in [0.4, 0.5) is 4.39 Å². The Hall–Kier alpha value is -2.25. The molecule has 0 saturated heterocycles. The number of rotatable bonds is 4. The smallest absolute Gasteiger partial charge is 0.140 e. The van der Waals surface area contributed by atoms with Crippen LogP contribution in [0.1, 0.15) is 29.7 Å². The minimum atomic E-state index is -0.480. The molecule has 1 heterocycles. The number of pyridine rings is 1. The molecular weight excluding hydrogens is 241 g/mol. The molecule has 0 radical (unpaired) electrons. The van der Waals surface area contributed by atoms with Gasteiger partial charge in [0.25, 0.3) is 0 Å². The summed E-state index contributed by atoms with van der Waals surface area (Å²) in [7, 11) is 0. The molecule has 0 aliphatic rings. The Kier molecular flexibility index (Phi) is 4.22. The average Bonchev–Trinajstić information content (AvgIpc) is 2.47. The molecule has 0 saturated carbocycles. The minimum Gasteiger partial charge on any atom is -0.306 e. The van der Waals surface area contributed by atoms with Gasteiger partial charge in [0.15, 0.2) is 0 Å². The highest BCUT2D eigenvalue weighted by molar-refractivity contribution is 5.34. The topological polar surface area (TPSA) is 48.7 Å². The number of hydrogen-bond donors (Lipinski definition) is 1. The molecule has 3 nitrogen and oxygen atoms in total. The number of benzene rings is 1. The molecule has 0 aliphatic heterocycles. The fraction of sp³-hybridized carbons (Fsp3) is 0.200. The largest absolute Gasteiger partial charge is 0.306 e. The quantitative estimate of drug-likeness (QED) is 0.913. The summed E-state index contributed by atoms with van der Waals surface area (Å²) in [5.41, 5.74) is 2.05. The van der Waals surface area contributed by atoms with Gasteiger partial charge >= 0.3 is 0 Å². The van der Waals surface area contributed by atoms with E-state index < -0.39 is 5.82 Å². The normalized spacial score (nSPS) is 11.8. The van der Waals surface area contributed by atoms with Gasteiger partial charge in [-0.25, -0.2) is 4.39 Å². The van der Waals surface area contributed by atoms with Gasteiger partial charge in [-0.3, -0.25) is 4.98 Å². The van der Waals surface area contributed by atoms with E-state index in [0.717, 1.165) is 11.1 Å². The standard InChI is InChI=1S/C15H14FN3/c1-11(13-3-2-6-18-10-13)19-9-12-4-5-15(16)14(7-12)8-17/h2-7,10-11,19H,9H2,1H3/t11-/m1/s1. The number of hydrogen-bond acceptors (Lipinski definition) is 3. The molecule has 0 amide bonds. The fourth-order valence-corrected chi connectivity index (χ4v) is 1.79. The highest BCUT2D eigenvalue weighted by Crippen LogP contribution is 2.13. The van der Waals surface area contributed by atoms with Gasteiger partial charge < -0.3 is 5.32 Å². The van der Waals surface area contributed by atoms with Gasteiger partial charge in [0.1, 0.15) is 11.9 Å². The van der Waals surface area contributed by atoms with Crippen molar-refractivity contribution < 1.29 is 4.39 Å². The van der Waals surface area contributed by atoms with Crippen molar-refractivity contribution in [3.05, 3.63) is 65.2 Å². The Morgan fingerprint density at radius 3 is 2.95 bits per heavy atom. The molecule has 0 spiro atoms. The van der Waals surface area contributed by atoms with Crippen LogP contribution in [-0.4, -0.2) is 4.98 Å². The first-order chi connectivity index (χ1) is 9.20. The molecule has 1 aromatic carbocycles. The summed E-state index contributed by atoms with van der Waals surface area (Å²) < 4.78 is 13.2. The molecule has 19 heavy (non-hydrogen) atoms. The maximum atomic E-state index is 13.2. The minimum absolute atomic E-state index is 0.0772. The van der Waals surface area contributed by atoms with E-state index in [0.29, 0.717) is 6.54 Å². The Morgan fingerprint density at radius 1 is 1.42 bits per heavy atom. The van der Waals surface area contributed by atoms with E-state index in [4.69, 9.17) is 5.26 Å². The Balaban J connectivity index is 2.01. The predicted molar refractivity (Wildman–Crippen MR) is 70.6 cm³/mol. The van der Waals surface area contributed by atoms with Crippen LogP contribution in [-0.2, 0) is 6.54 Å². The lowest BCUT2D eigenvalue weighted by Gasteiger charge is -2.13. The highest BCUT2D eigenvalue weighted by atomic mass is 19.1. The van der Waals surface area contributed by atoms with E-state index in [9.17, 15) is 4.39 Å². The van der Waals surface area contributed by atoms with Crippen molar-refractivity contribution >= 4 is 0 Å². The summed E-state index contributed by atoms with van der Waals surface area (Å²) in [4.78, 5) is 4.07. The van der Waals surface area contributed by atoms with E-state index in [1.165, 1.54) is 6.07 Å². The molecule has 2 aromatic rings. The third-order valence-electron chi connectivity index (χ3n) is 2.95. The third-order valence-corrected chi connectivity index (χ3v) is 2.95. The first-order valence-corrected chi connectivity index (χ1v) is 6.02. The lowest BCUT2D eigenvalue weighted by atomic mass is 10.1. The van der Waals surface area contributed by atoms with Crippen LogP contribution in [0.2, 0.25) is 0 Å². The number of aromatic nitrogens is 1. The van der Waals surface area contributed by atoms with E-state index in [-0.39, 0.29) is 11.6 Å². The molecule has 4 heteroatoms. The molecule has 0 fully saturated rings. The molecule has 0 aliphatic carbocycles. The Morgan fingerprint density at radius 2 is 2.26 bits per heavy atom. The van der Waals surface area contributed by atoms with Gasteiger partial charge in [-0.05, 0) is 36.2 Å². The molecule has 0 unspecified atom stereocenters. The second-order valence-corrected chi connectivity index (χ2v) is 4.31. The zero-order valence-corrected chi connectivity index (χ0v) is 10.6. The van der Waals surface area contributed by atoms with Crippen LogP contribution in [0.15, 0.2) is 42.7 Å². The average molecular weight is 255 g/mol. The van der Waals surface area contributed by atoms with Crippen molar-refractivity contribution in [3.8, 4) is 6.07 Å². The maximum absolute atomic E-state index is 13.2. The summed E-state index contributed by atoms with van der Waals surface area (Å²) >= 11 is 0. The van der Waals surface area contributed by atoms with Gasteiger partial charge in [0.05, 0.1) is 5.56 Å². The van der Waals surface area contributed by atoms with Crippen molar-refractivity contribution in [2.45, 2.75) is 19.5 Å². The summed E-state index contributed by atoms with van der Waals surface area (Å²) in [5, 5.41) is 12.1. The SMILES string of the molecule is C[C@@H](NCc1ccc(F)c(C#N)c1)c1cccnc1. The van der Waals surface area contributed by atoms with Crippen molar-refractivity contribution in [3.63, 3.8) is 0 Å². The zero-order chi connectivity index (χ0) is 13.7. The van der Waals surface area contributed by atoms with Gasteiger partial charge in [0.2, 0.25) is 0 Å². The highest BCUT2D eigenvalue weighted by Gasteiger charge is 2.06. The van der Waals surface area contributed by atoms with Gasteiger partial charge in [-0.15, -0.1) is 0 Å². The molecule has 0 bridgehead atoms. The second kappa shape index (κ2) is 6.07. The summed E-state index contributed by atoms with van der Waals surface area (Å²) in [5.74, 6) is -0.480. The van der Waals surface area contributed by atoms with Crippen molar-refractivity contribution in [1.29, 1.82) is 5.26 Å². The maximum Gasteiger partial charge on any atom is 0.140 e. The molecule has 1 N–H and O–H groups in total. The van der Waals surface area contributed by atoms with Crippen LogP contribution in [0, 0.1) is 17.1 Å². The van der Waals surface area contributed by atoms with Gasteiger partial charge in [-0.2, -0.15) is 5.26 Å². The monoisotopic (exact) mass is 255 g/mol. The van der Waals surface area contributed by atoms with Crippen molar-refractivity contribution in [2.75, 3.05) is 0 Å². The van der Waals surface area contributed by atoms with E-state index in [1.807, 2.05) is 31.3 Å². The zero-order valence-electron chi connectivity index (χ0n) is 10.6. The Labute approximate surface area is 111 Å². The second-order valence-electron chi connectivity index (χ2n) is 4.31. The van der Waals surface area contributed by atoms with Crippen molar-refractivity contribution in [1.82, 2.24) is 10.3 Å². The molecular formula is C15H14FN3. The number of halogens is 1. The number of nitriles is 1. The lowest BCUT2D eigenvalue weighted by molar-refractivity contribution is 0.571. The van der Waals surface area contributed by atoms with Crippen molar-refractivity contribution in [2.24, 2.45) is 0 Å². The van der Waals surface area contributed by atoms with E-state index in [2.05, 4.69) is 10.3 Å². The van der Waals surface area contributed by atoms with Crippen LogP contribution in [0.25, 0.3) is 0 Å². The van der Waals surface area contributed by atoms with Crippen LogP contribution in [0.5, 0.6) is 0 Å². The van der Waals surface area contributed by atoms with Gasteiger partial charge in [-0.1, -0.05) is 12.1 Å². The van der Waals surface area contributed by atoms with Gasteiger partial charge in [0, 0.05) is 25.0 Å². The fourth-order valence-electron chi connectivity index (χ4n) is 1.79. The Bertz CT molecular complexity index is 590. The first-order valence-electron chi connectivity index (χ1n) is 6.02. The molecule has 1 aromatic heterocycles. The van der Waals surface area contributed by atoms with Crippen LogP contribution >= 0.6 is 0 Å². The predicted octanol–water partition coefficient (Wildman–Crippen LogP) is 2.94. The number of nitrogens with one attached hydrogen (secondary N) is 1. The van der Waals surface area contributed by atoms with Crippen LogP contribution < -0.4 is 5.32 Å². The van der Waals surface area contributed by atoms with Crippen LogP contribution in [0.3, 0.4) is 0 Å². The van der Waals surface area contributed by atoms with E-state index >= 15 is 0 Å². The first kappa shape index (κ1) is 13.2. The summed E-state index contributed by atoms with van der Waals surface area (Å²) in [6.45, 7) is 2.61. The lowest BCUT2D eigenvalue weighted by Crippen LogP contribution is -2.18. The molecule has 96 valence electrons. The summed E-state index contributed by atoms with van der Waals surface area (Å²) in [6.07, 6.45) is 3.54. The van der Waals surface area contributed by atoms with E-state index in [1.54, 1.807) is 18.3 Å².